The van der Waals surface area contributed by atoms with Crippen molar-refractivity contribution in [2.45, 2.75) is 17.4 Å². The molecule has 1 aliphatic carbocycles. The first kappa shape index (κ1) is 17.2. The molecule has 0 saturated carbocycles. The van der Waals surface area contributed by atoms with Crippen LogP contribution >= 0.6 is 0 Å². The zero-order valence-corrected chi connectivity index (χ0v) is 13.7. The Bertz CT molecular complexity index is 712. The summed E-state index contributed by atoms with van der Waals surface area (Å²) in [6.07, 6.45) is 8.76. The van der Waals surface area contributed by atoms with Crippen LogP contribution in [0.1, 0.15) is 6.42 Å². The van der Waals surface area contributed by atoms with E-state index in [1.54, 1.807) is 54.6 Å². The van der Waals surface area contributed by atoms with Gasteiger partial charge < -0.3 is 9.47 Å². The fourth-order valence-electron chi connectivity index (χ4n) is 2.10. The van der Waals surface area contributed by atoms with Crippen molar-refractivity contribution >= 4 is 9.84 Å². The van der Waals surface area contributed by atoms with E-state index in [9.17, 15) is 8.42 Å². The number of ether oxygens (including phenoxy) is 2. The Balaban J connectivity index is 2.10. The van der Waals surface area contributed by atoms with Gasteiger partial charge >= 0.3 is 0 Å². The molecule has 0 amide bonds. The fraction of sp³-hybridized carbons (Fsp3) is 0.222. The number of allylic oxidation sites excluding steroid dienone is 1. The molecule has 5 heteroatoms. The highest BCUT2D eigenvalue weighted by Gasteiger charge is 2.21. The van der Waals surface area contributed by atoms with Gasteiger partial charge in [0.25, 0.3) is 0 Å². The lowest BCUT2D eigenvalue weighted by molar-refractivity contribution is 0.111. The van der Waals surface area contributed by atoms with Crippen LogP contribution in [0.5, 0.6) is 5.75 Å². The minimum absolute atomic E-state index is 0.110. The van der Waals surface area contributed by atoms with Gasteiger partial charge in [0.2, 0.25) is 9.84 Å². The molecule has 1 unspecified atom stereocenters. The first-order valence-corrected chi connectivity index (χ1v) is 8.76. The molecule has 122 valence electrons. The van der Waals surface area contributed by atoms with Gasteiger partial charge in [0.1, 0.15) is 12.4 Å². The molecule has 0 heterocycles. The second kappa shape index (κ2) is 7.94. The Morgan fingerprint density at radius 3 is 2.39 bits per heavy atom. The van der Waals surface area contributed by atoms with E-state index in [0.29, 0.717) is 25.4 Å². The van der Waals surface area contributed by atoms with E-state index >= 15 is 0 Å². The van der Waals surface area contributed by atoms with Crippen LogP contribution in [0.25, 0.3) is 0 Å². The predicted molar refractivity (Wildman–Crippen MR) is 91.1 cm³/mol. The van der Waals surface area contributed by atoms with Crippen LogP contribution in [-0.2, 0) is 14.6 Å². The van der Waals surface area contributed by atoms with E-state index in [0.717, 1.165) is 0 Å². The SMILES string of the molecule is C=CCOc1ccc(S(=O)(=O)C2=CCC(OCC=C)C=C2)cc1. The normalized spacial score (nSPS) is 17.4. The first-order valence-electron chi connectivity index (χ1n) is 7.27. The van der Waals surface area contributed by atoms with Gasteiger partial charge in [-0.25, -0.2) is 8.42 Å². The lowest BCUT2D eigenvalue weighted by atomic mass is 10.1. The number of hydrogen-bond donors (Lipinski definition) is 0. The Morgan fingerprint density at radius 1 is 1.13 bits per heavy atom. The lowest BCUT2D eigenvalue weighted by Crippen LogP contribution is -2.14. The van der Waals surface area contributed by atoms with Crippen LogP contribution in [0.3, 0.4) is 0 Å². The summed E-state index contributed by atoms with van der Waals surface area (Å²) in [5, 5.41) is 0. The molecule has 0 bridgehead atoms. The van der Waals surface area contributed by atoms with E-state index in [4.69, 9.17) is 9.47 Å². The number of rotatable bonds is 8. The third-order valence-electron chi connectivity index (χ3n) is 3.27. The molecule has 0 aromatic heterocycles. The Morgan fingerprint density at radius 2 is 1.83 bits per heavy atom. The average Bonchev–Trinajstić information content (AvgIpc) is 2.59. The zero-order valence-electron chi connectivity index (χ0n) is 12.9. The second-order valence-corrected chi connectivity index (χ2v) is 6.89. The van der Waals surface area contributed by atoms with Crippen molar-refractivity contribution in [3.05, 3.63) is 72.7 Å². The highest BCUT2D eigenvalue weighted by Crippen LogP contribution is 2.26. The molecule has 4 nitrogen and oxygen atoms in total. The predicted octanol–water partition coefficient (Wildman–Crippen LogP) is 3.44. The molecule has 0 saturated heterocycles. The first-order chi connectivity index (χ1) is 11.1. The van der Waals surface area contributed by atoms with Gasteiger partial charge in [-0.15, -0.1) is 6.58 Å². The van der Waals surface area contributed by atoms with Gasteiger partial charge in [-0.2, -0.15) is 0 Å². The van der Waals surface area contributed by atoms with Crippen LogP contribution in [0.4, 0.5) is 0 Å². The van der Waals surface area contributed by atoms with Gasteiger partial charge in [0, 0.05) is 0 Å². The maximum absolute atomic E-state index is 12.6. The van der Waals surface area contributed by atoms with Crippen molar-refractivity contribution in [1.29, 1.82) is 0 Å². The van der Waals surface area contributed by atoms with Crippen molar-refractivity contribution < 1.29 is 17.9 Å². The van der Waals surface area contributed by atoms with Gasteiger partial charge in [-0.3, -0.25) is 0 Å². The van der Waals surface area contributed by atoms with Crippen molar-refractivity contribution in [2.75, 3.05) is 13.2 Å². The quantitative estimate of drug-likeness (QED) is 0.684. The van der Waals surface area contributed by atoms with E-state index in [2.05, 4.69) is 13.2 Å². The summed E-state index contributed by atoms with van der Waals surface area (Å²) in [4.78, 5) is 0.528. The summed E-state index contributed by atoms with van der Waals surface area (Å²) in [6.45, 7) is 7.98. The lowest BCUT2D eigenvalue weighted by Gasteiger charge is -2.16. The molecule has 0 fully saturated rings. The van der Waals surface area contributed by atoms with Crippen molar-refractivity contribution in [3.8, 4) is 5.75 Å². The standard InChI is InChI=1S/C18H20O4S/c1-3-13-21-15-5-9-17(10-6-15)23(19,20)18-11-7-16(8-12-18)22-14-4-2/h3-7,9-12,16H,1-2,8,13-14H2. The number of sulfone groups is 1. The van der Waals surface area contributed by atoms with Crippen LogP contribution in [0.2, 0.25) is 0 Å². The Kier molecular flexibility index (Phi) is 5.96. The van der Waals surface area contributed by atoms with Crippen LogP contribution < -0.4 is 4.74 Å². The molecule has 0 aliphatic heterocycles. The molecule has 1 aliphatic rings. The molecule has 1 aromatic rings. The van der Waals surface area contributed by atoms with Crippen molar-refractivity contribution in [2.24, 2.45) is 0 Å². The summed E-state index contributed by atoms with van der Waals surface area (Å²) in [5.41, 5.74) is 0. The summed E-state index contributed by atoms with van der Waals surface area (Å²) in [6, 6.07) is 6.37. The zero-order chi connectivity index (χ0) is 16.7. The van der Waals surface area contributed by atoms with Gasteiger partial charge in [0.15, 0.2) is 0 Å². The summed E-state index contributed by atoms with van der Waals surface area (Å²) in [5.74, 6) is 0.606. The average molecular weight is 332 g/mol. The maximum Gasteiger partial charge on any atom is 0.206 e. The van der Waals surface area contributed by atoms with Crippen molar-refractivity contribution in [3.63, 3.8) is 0 Å². The second-order valence-electron chi connectivity index (χ2n) is 4.94. The third kappa shape index (κ3) is 4.43. The highest BCUT2D eigenvalue weighted by molar-refractivity contribution is 7.95. The minimum Gasteiger partial charge on any atom is -0.490 e. The molecule has 0 spiro atoms. The third-order valence-corrected chi connectivity index (χ3v) is 5.08. The highest BCUT2D eigenvalue weighted by atomic mass is 32.2. The monoisotopic (exact) mass is 332 g/mol. The van der Waals surface area contributed by atoms with E-state index in [1.165, 1.54) is 0 Å². The molecule has 1 aromatic carbocycles. The molecule has 2 rings (SSSR count). The van der Waals surface area contributed by atoms with Crippen LogP contribution in [0, 0.1) is 0 Å². The Hall–Kier alpha value is -2.11. The molecular weight excluding hydrogens is 312 g/mol. The fourth-order valence-corrected chi connectivity index (χ4v) is 3.44. The Labute approximate surface area is 137 Å². The van der Waals surface area contributed by atoms with Gasteiger partial charge in [0.05, 0.1) is 22.5 Å². The molecule has 0 N–H and O–H groups in total. The minimum atomic E-state index is -3.52. The molecule has 23 heavy (non-hydrogen) atoms. The maximum atomic E-state index is 12.6. The molecular formula is C18H20O4S. The smallest absolute Gasteiger partial charge is 0.206 e. The largest absolute Gasteiger partial charge is 0.490 e. The number of benzene rings is 1. The van der Waals surface area contributed by atoms with Crippen LogP contribution in [-0.4, -0.2) is 27.7 Å². The topological polar surface area (TPSA) is 52.6 Å². The summed E-state index contributed by atoms with van der Waals surface area (Å²) < 4.78 is 36.0. The van der Waals surface area contributed by atoms with Gasteiger partial charge in [-0.05, 0) is 36.8 Å². The number of hydrogen-bond acceptors (Lipinski definition) is 4. The van der Waals surface area contributed by atoms with Gasteiger partial charge in [-0.1, -0.05) is 30.9 Å². The summed E-state index contributed by atoms with van der Waals surface area (Å²) in [7, 11) is -3.52. The van der Waals surface area contributed by atoms with Crippen LogP contribution in [0.15, 0.2) is 77.6 Å². The van der Waals surface area contributed by atoms with Crippen molar-refractivity contribution in [1.82, 2.24) is 0 Å². The summed E-state index contributed by atoms with van der Waals surface area (Å²) >= 11 is 0. The molecule has 0 radical (unpaired) electrons. The van der Waals surface area contributed by atoms with E-state index in [-0.39, 0.29) is 15.9 Å². The molecule has 1 atom stereocenters. The van der Waals surface area contributed by atoms with E-state index in [1.807, 2.05) is 0 Å². The van der Waals surface area contributed by atoms with E-state index < -0.39 is 9.84 Å².